The van der Waals surface area contributed by atoms with Gasteiger partial charge in [0.05, 0.1) is 11.6 Å². The lowest BCUT2D eigenvalue weighted by atomic mass is 10.2. The monoisotopic (exact) mass is 430 g/mol. The molecule has 0 aromatic heterocycles. The third kappa shape index (κ3) is 6.19. The predicted octanol–water partition coefficient (Wildman–Crippen LogP) is 3.73. The molecule has 0 spiro atoms. The number of hydrogen-bond acceptors (Lipinski definition) is 3. The molecule has 0 saturated carbocycles. The van der Waals surface area contributed by atoms with Gasteiger partial charge < -0.3 is 14.5 Å². The Bertz CT molecular complexity index is 612. The third-order valence-corrected chi connectivity index (χ3v) is 4.98. The Morgan fingerprint density at radius 1 is 1.16 bits per heavy atom. The van der Waals surface area contributed by atoms with Gasteiger partial charge in [0.15, 0.2) is 0 Å². The topological polar surface area (TPSA) is 49.9 Å². The molecule has 7 heteroatoms. The van der Waals surface area contributed by atoms with Gasteiger partial charge in [-0.2, -0.15) is 0 Å². The summed E-state index contributed by atoms with van der Waals surface area (Å²) in [6, 6.07) is 5.46. The highest BCUT2D eigenvalue weighted by molar-refractivity contribution is 9.10. The van der Waals surface area contributed by atoms with E-state index in [0.29, 0.717) is 56.3 Å². The van der Waals surface area contributed by atoms with Gasteiger partial charge in [0.2, 0.25) is 11.8 Å². The fourth-order valence-electron chi connectivity index (χ4n) is 2.80. The normalized spacial score (nSPS) is 15.0. The number of halogens is 2. The first-order chi connectivity index (χ1) is 12.0. The van der Waals surface area contributed by atoms with Crippen LogP contribution in [0.1, 0.15) is 32.6 Å². The van der Waals surface area contributed by atoms with Crippen molar-refractivity contribution in [2.24, 2.45) is 0 Å². The highest BCUT2D eigenvalue weighted by atomic mass is 79.9. The van der Waals surface area contributed by atoms with Gasteiger partial charge in [0.25, 0.3) is 0 Å². The molecular formula is C18H24BrClN2O3. The largest absolute Gasteiger partial charge is 0.492 e. The van der Waals surface area contributed by atoms with Crippen molar-refractivity contribution in [1.29, 1.82) is 0 Å². The minimum absolute atomic E-state index is 0.122. The zero-order valence-electron chi connectivity index (χ0n) is 14.5. The second kappa shape index (κ2) is 10.0. The van der Waals surface area contributed by atoms with Gasteiger partial charge in [0.1, 0.15) is 5.75 Å². The predicted molar refractivity (Wildman–Crippen MR) is 102 cm³/mol. The molecule has 0 N–H and O–H groups in total. The van der Waals surface area contributed by atoms with Crippen molar-refractivity contribution in [1.82, 2.24) is 9.80 Å². The highest BCUT2D eigenvalue weighted by Gasteiger charge is 2.20. The van der Waals surface area contributed by atoms with Crippen LogP contribution >= 0.6 is 27.5 Å². The summed E-state index contributed by atoms with van der Waals surface area (Å²) in [6.07, 6.45) is 2.43. The Kier molecular flexibility index (Phi) is 8.03. The molecular weight excluding hydrogens is 408 g/mol. The van der Waals surface area contributed by atoms with Crippen molar-refractivity contribution in [3.05, 3.63) is 27.7 Å². The fraction of sp³-hybridized carbons (Fsp3) is 0.556. The molecule has 1 heterocycles. The van der Waals surface area contributed by atoms with E-state index in [1.165, 1.54) is 0 Å². The third-order valence-electron chi connectivity index (χ3n) is 4.19. The maximum absolute atomic E-state index is 12.4. The summed E-state index contributed by atoms with van der Waals surface area (Å²) in [5.74, 6) is 0.909. The van der Waals surface area contributed by atoms with Crippen LogP contribution in [0.4, 0.5) is 0 Å². The molecule has 5 nitrogen and oxygen atoms in total. The highest BCUT2D eigenvalue weighted by Crippen LogP contribution is 2.27. The molecule has 2 amide bonds. The van der Waals surface area contributed by atoms with Gasteiger partial charge in [-0.25, -0.2) is 0 Å². The Morgan fingerprint density at radius 3 is 2.48 bits per heavy atom. The maximum Gasteiger partial charge on any atom is 0.222 e. The summed E-state index contributed by atoms with van der Waals surface area (Å²) in [6.45, 7) is 5.01. The van der Waals surface area contributed by atoms with E-state index in [9.17, 15) is 9.59 Å². The van der Waals surface area contributed by atoms with Crippen LogP contribution in [0, 0.1) is 0 Å². The summed E-state index contributed by atoms with van der Waals surface area (Å²) in [7, 11) is 0. The van der Waals surface area contributed by atoms with Gasteiger partial charge >= 0.3 is 0 Å². The summed E-state index contributed by atoms with van der Waals surface area (Å²) in [4.78, 5) is 27.8. The number of carbonyl (C=O) groups is 2. The van der Waals surface area contributed by atoms with Gasteiger partial charge in [-0.05, 0) is 31.0 Å². The molecule has 2 rings (SSSR count). The molecule has 1 aromatic carbocycles. The minimum Gasteiger partial charge on any atom is -0.492 e. The van der Waals surface area contributed by atoms with Crippen molar-refractivity contribution >= 4 is 39.3 Å². The van der Waals surface area contributed by atoms with E-state index in [-0.39, 0.29) is 11.8 Å². The number of ether oxygens (including phenoxy) is 1. The van der Waals surface area contributed by atoms with Crippen molar-refractivity contribution < 1.29 is 14.3 Å². The molecule has 1 aromatic rings. The number of hydrogen-bond donors (Lipinski definition) is 0. The molecule has 1 aliphatic rings. The first-order valence-corrected chi connectivity index (χ1v) is 9.81. The summed E-state index contributed by atoms with van der Waals surface area (Å²) < 4.78 is 6.54. The van der Waals surface area contributed by atoms with E-state index in [0.717, 1.165) is 17.4 Å². The summed E-state index contributed by atoms with van der Waals surface area (Å²) in [5.41, 5.74) is 0. The van der Waals surface area contributed by atoms with Gasteiger partial charge in [0, 0.05) is 43.5 Å². The molecule has 25 heavy (non-hydrogen) atoms. The number of nitrogens with zero attached hydrogens (tertiary/aromatic N) is 2. The van der Waals surface area contributed by atoms with Crippen molar-refractivity contribution in [2.75, 3.05) is 32.8 Å². The summed E-state index contributed by atoms with van der Waals surface area (Å²) >= 11 is 9.45. The van der Waals surface area contributed by atoms with E-state index in [4.69, 9.17) is 16.3 Å². The molecule has 0 unspecified atom stereocenters. The van der Waals surface area contributed by atoms with Crippen LogP contribution in [-0.2, 0) is 9.59 Å². The van der Waals surface area contributed by atoms with Crippen LogP contribution in [0.3, 0.4) is 0 Å². The second-order valence-electron chi connectivity index (χ2n) is 6.00. The lowest BCUT2D eigenvalue weighted by molar-refractivity contribution is -0.133. The smallest absolute Gasteiger partial charge is 0.222 e. The minimum atomic E-state index is 0.122. The number of rotatable bonds is 6. The van der Waals surface area contributed by atoms with Crippen LogP contribution in [-0.4, -0.2) is 54.4 Å². The molecule has 0 atom stereocenters. The average Bonchev–Trinajstić information content (AvgIpc) is 2.85. The molecule has 1 fully saturated rings. The van der Waals surface area contributed by atoms with E-state index in [2.05, 4.69) is 15.9 Å². The quantitative estimate of drug-likeness (QED) is 0.645. The Labute approximate surface area is 162 Å². The summed E-state index contributed by atoms with van der Waals surface area (Å²) in [5, 5.41) is 0.550. The SMILES string of the molecule is CCC(=O)N1CCCN(C(=O)CCCOc2ccc(Br)cc2Cl)CC1. The van der Waals surface area contributed by atoms with Gasteiger partial charge in [-0.1, -0.05) is 34.5 Å². The Balaban J connectivity index is 1.72. The zero-order chi connectivity index (χ0) is 18.2. The Hall–Kier alpha value is -1.27. The standard InChI is InChI=1S/C18H24BrClN2O3/c1-2-17(23)21-8-4-9-22(11-10-21)18(24)5-3-12-25-16-7-6-14(19)13-15(16)20/h6-7,13H,2-5,8-12H2,1H3. The molecule has 0 aliphatic carbocycles. The first-order valence-electron chi connectivity index (χ1n) is 8.64. The van der Waals surface area contributed by atoms with Crippen LogP contribution in [0.15, 0.2) is 22.7 Å². The molecule has 0 bridgehead atoms. The second-order valence-corrected chi connectivity index (χ2v) is 7.32. The first kappa shape index (κ1) is 20.0. The maximum atomic E-state index is 12.4. The van der Waals surface area contributed by atoms with Crippen LogP contribution in [0.5, 0.6) is 5.75 Å². The van der Waals surface area contributed by atoms with Crippen molar-refractivity contribution in [3.8, 4) is 5.75 Å². The Morgan fingerprint density at radius 2 is 1.84 bits per heavy atom. The number of carbonyl (C=O) groups excluding carboxylic acids is 2. The van der Waals surface area contributed by atoms with Crippen molar-refractivity contribution in [3.63, 3.8) is 0 Å². The van der Waals surface area contributed by atoms with Gasteiger partial charge in [-0.3, -0.25) is 9.59 Å². The van der Waals surface area contributed by atoms with Crippen molar-refractivity contribution in [2.45, 2.75) is 32.6 Å². The van der Waals surface area contributed by atoms with Crippen LogP contribution in [0.25, 0.3) is 0 Å². The fourth-order valence-corrected chi connectivity index (χ4v) is 3.52. The van der Waals surface area contributed by atoms with E-state index in [1.807, 2.05) is 28.9 Å². The molecule has 1 aliphatic heterocycles. The van der Waals surface area contributed by atoms with Gasteiger partial charge in [-0.15, -0.1) is 0 Å². The average molecular weight is 432 g/mol. The molecule has 138 valence electrons. The number of benzene rings is 1. The molecule has 1 saturated heterocycles. The van der Waals surface area contributed by atoms with Crippen LogP contribution < -0.4 is 4.74 Å². The zero-order valence-corrected chi connectivity index (χ0v) is 16.8. The van der Waals surface area contributed by atoms with E-state index >= 15 is 0 Å². The lowest BCUT2D eigenvalue weighted by Gasteiger charge is -2.22. The van der Waals surface area contributed by atoms with E-state index < -0.39 is 0 Å². The van der Waals surface area contributed by atoms with E-state index in [1.54, 1.807) is 6.07 Å². The lowest BCUT2D eigenvalue weighted by Crippen LogP contribution is -2.37. The van der Waals surface area contributed by atoms with Crippen LogP contribution in [0.2, 0.25) is 5.02 Å². The number of amides is 2. The molecule has 0 radical (unpaired) electrons.